The van der Waals surface area contributed by atoms with Gasteiger partial charge in [-0.2, -0.15) is 0 Å². The molecule has 0 heterocycles. The van der Waals surface area contributed by atoms with Crippen LogP contribution in [0.15, 0.2) is 46.9 Å². The number of hydrogen-bond donors (Lipinski definition) is 1. The zero-order chi connectivity index (χ0) is 13.8. The molecule has 0 aliphatic carbocycles. The SMILES string of the molecule is COc1cccc(C(O)Cc2cccc(F)c2Br)c1. The van der Waals surface area contributed by atoms with Gasteiger partial charge in [0, 0.05) is 6.42 Å². The summed E-state index contributed by atoms with van der Waals surface area (Å²) in [6, 6.07) is 12.0. The summed E-state index contributed by atoms with van der Waals surface area (Å²) < 4.78 is 18.9. The third-order valence-corrected chi connectivity index (χ3v) is 3.81. The van der Waals surface area contributed by atoms with Gasteiger partial charge in [-0.05, 0) is 45.3 Å². The Morgan fingerprint density at radius 2 is 2.00 bits per heavy atom. The van der Waals surface area contributed by atoms with Gasteiger partial charge >= 0.3 is 0 Å². The molecule has 1 unspecified atom stereocenters. The molecule has 0 aromatic heterocycles. The van der Waals surface area contributed by atoms with Crippen LogP contribution in [0.1, 0.15) is 17.2 Å². The van der Waals surface area contributed by atoms with Crippen molar-refractivity contribution in [3.8, 4) is 5.75 Å². The van der Waals surface area contributed by atoms with Crippen LogP contribution in [0.25, 0.3) is 0 Å². The largest absolute Gasteiger partial charge is 0.497 e. The quantitative estimate of drug-likeness (QED) is 0.925. The van der Waals surface area contributed by atoms with Crippen LogP contribution in [0, 0.1) is 5.82 Å². The Morgan fingerprint density at radius 1 is 1.26 bits per heavy atom. The smallest absolute Gasteiger partial charge is 0.137 e. The Kier molecular flexibility index (Phi) is 4.56. The van der Waals surface area contributed by atoms with Crippen molar-refractivity contribution < 1.29 is 14.2 Å². The maximum atomic E-state index is 13.4. The van der Waals surface area contributed by atoms with E-state index in [2.05, 4.69) is 15.9 Å². The van der Waals surface area contributed by atoms with Crippen LogP contribution in [-0.2, 0) is 6.42 Å². The molecular formula is C15H14BrFO2. The summed E-state index contributed by atoms with van der Waals surface area (Å²) in [6.45, 7) is 0. The monoisotopic (exact) mass is 324 g/mol. The topological polar surface area (TPSA) is 29.5 Å². The van der Waals surface area contributed by atoms with Crippen molar-refractivity contribution >= 4 is 15.9 Å². The van der Waals surface area contributed by atoms with E-state index in [1.54, 1.807) is 25.3 Å². The molecule has 4 heteroatoms. The van der Waals surface area contributed by atoms with Gasteiger partial charge in [0.15, 0.2) is 0 Å². The minimum Gasteiger partial charge on any atom is -0.497 e. The molecule has 1 atom stereocenters. The number of halogens is 2. The van der Waals surface area contributed by atoms with Crippen LogP contribution in [0.4, 0.5) is 4.39 Å². The zero-order valence-electron chi connectivity index (χ0n) is 10.4. The van der Waals surface area contributed by atoms with Crippen molar-refractivity contribution in [2.45, 2.75) is 12.5 Å². The fourth-order valence-electron chi connectivity index (χ4n) is 1.88. The first-order valence-electron chi connectivity index (χ1n) is 5.86. The van der Waals surface area contributed by atoms with E-state index in [-0.39, 0.29) is 5.82 Å². The zero-order valence-corrected chi connectivity index (χ0v) is 12.0. The minimum atomic E-state index is -0.701. The highest BCUT2D eigenvalue weighted by atomic mass is 79.9. The minimum absolute atomic E-state index is 0.324. The molecule has 0 saturated heterocycles. The predicted octanol–water partition coefficient (Wildman–Crippen LogP) is 3.87. The average molecular weight is 325 g/mol. The number of rotatable bonds is 4. The maximum absolute atomic E-state index is 13.4. The first kappa shape index (κ1) is 14.0. The summed E-state index contributed by atoms with van der Waals surface area (Å²) in [5.74, 6) is 0.366. The highest BCUT2D eigenvalue weighted by Crippen LogP contribution is 2.27. The van der Waals surface area contributed by atoms with Crippen LogP contribution in [-0.4, -0.2) is 12.2 Å². The molecule has 0 bridgehead atoms. The fourth-order valence-corrected chi connectivity index (χ4v) is 2.31. The van der Waals surface area contributed by atoms with E-state index in [0.29, 0.717) is 16.6 Å². The molecule has 0 fully saturated rings. The number of aliphatic hydroxyl groups excluding tert-OH is 1. The lowest BCUT2D eigenvalue weighted by molar-refractivity contribution is 0.177. The highest BCUT2D eigenvalue weighted by Gasteiger charge is 2.13. The van der Waals surface area contributed by atoms with Gasteiger partial charge < -0.3 is 9.84 Å². The molecule has 0 aliphatic heterocycles. The van der Waals surface area contributed by atoms with Crippen molar-refractivity contribution in [1.29, 1.82) is 0 Å². The molecule has 0 saturated carbocycles. The first-order chi connectivity index (χ1) is 9.11. The number of methoxy groups -OCH3 is 1. The van der Waals surface area contributed by atoms with E-state index in [9.17, 15) is 9.50 Å². The summed E-state index contributed by atoms with van der Waals surface area (Å²) in [6.07, 6.45) is -0.362. The van der Waals surface area contributed by atoms with Crippen molar-refractivity contribution in [2.75, 3.05) is 7.11 Å². The molecule has 0 amide bonds. The molecule has 2 nitrogen and oxygen atoms in total. The van der Waals surface area contributed by atoms with Crippen molar-refractivity contribution in [1.82, 2.24) is 0 Å². The van der Waals surface area contributed by atoms with Gasteiger partial charge in [-0.25, -0.2) is 4.39 Å². The third kappa shape index (κ3) is 3.33. The summed E-state index contributed by atoms with van der Waals surface area (Å²) in [5.41, 5.74) is 1.48. The van der Waals surface area contributed by atoms with Gasteiger partial charge in [0.2, 0.25) is 0 Å². The first-order valence-corrected chi connectivity index (χ1v) is 6.66. The lowest BCUT2D eigenvalue weighted by Gasteiger charge is -2.13. The van der Waals surface area contributed by atoms with Gasteiger partial charge in [-0.15, -0.1) is 0 Å². The van der Waals surface area contributed by atoms with Gasteiger partial charge in [-0.3, -0.25) is 0 Å². The van der Waals surface area contributed by atoms with Gasteiger partial charge in [0.05, 0.1) is 17.7 Å². The molecule has 1 N–H and O–H groups in total. The number of hydrogen-bond acceptors (Lipinski definition) is 2. The molecule has 19 heavy (non-hydrogen) atoms. The summed E-state index contributed by atoms with van der Waals surface area (Å²) >= 11 is 3.20. The van der Waals surface area contributed by atoms with Gasteiger partial charge in [-0.1, -0.05) is 24.3 Å². The molecule has 2 rings (SSSR count). The molecule has 0 radical (unpaired) electrons. The Morgan fingerprint density at radius 3 is 2.74 bits per heavy atom. The molecule has 0 spiro atoms. The van der Waals surface area contributed by atoms with E-state index >= 15 is 0 Å². The van der Waals surface area contributed by atoms with Crippen molar-refractivity contribution in [2.24, 2.45) is 0 Å². The van der Waals surface area contributed by atoms with E-state index < -0.39 is 6.10 Å². The van der Waals surface area contributed by atoms with Crippen molar-refractivity contribution in [3.63, 3.8) is 0 Å². The summed E-state index contributed by atoms with van der Waals surface area (Å²) in [5, 5.41) is 10.2. The van der Waals surface area contributed by atoms with Gasteiger partial charge in [0.25, 0.3) is 0 Å². The van der Waals surface area contributed by atoms with Crippen LogP contribution >= 0.6 is 15.9 Å². The second-order valence-electron chi connectivity index (χ2n) is 4.21. The number of benzene rings is 2. The molecule has 2 aromatic rings. The Bertz CT molecular complexity index is 572. The number of ether oxygens (including phenoxy) is 1. The Balaban J connectivity index is 2.20. The summed E-state index contributed by atoms with van der Waals surface area (Å²) in [4.78, 5) is 0. The molecule has 2 aromatic carbocycles. The molecular weight excluding hydrogens is 311 g/mol. The van der Waals surface area contributed by atoms with Gasteiger partial charge in [0.1, 0.15) is 11.6 Å². The number of aliphatic hydroxyl groups is 1. The second-order valence-corrected chi connectivity index (χ2v) is 5.00. The summed E-state index contributed by atoms with van der Waals surface area (Å²) in [7, 11) is 1.58. The average Bonchev–Trinajstić information content (AvgIpc) is 2.44. The third-order valence-electron chi connectivity index (χ3n) is 2.92. The van der Waals surface area contributed by atoms with E-state index in [0.717, 1.165) is 11.1 Å². The molecule has 0 aliphatic rings. The molecule has 100 valence electrons. The normalized spacial score (nSPS) is 12.2. The van der Waals surface area contributed by atoms with Crippen LogP contribution in [0.2, 0.25) is 0 Å². The lowest BCUT2D eigenvalue weighted by Crippen LogP contribution is -2.03. The highest BCUT2D eigenvalue weighted by molar-refractivity contribution is 9.10. The lowest BCUT2D eigenvalue weighted by atomic mass is 10.0. The van der Waals surface area contributed by atoms with Crippen molar-refractivity contribution in [3.05, 3.63) is 63.9 Å². The van der Waals surface area contributed by atoms with E-state index in [1.807, 2.05) is 18.2 Å². The standard InChI is InChI=1S/C15H14BrFO2/c1-19-12-6-2-4-10(8-12)14(18)9-11-5-3-7-13(17)15(11)16/h2-8,14,18H,9H2,1H3. The van der Waals surface area contributed by atoms with E-state index in [1.165, 1.54) is 6.07 Å². The second kappa shape index (κ2) is 6.17. The maximum Gasteiger partial charge on any atom is 0.137 e. The van der Waals surface area contributed by atoms with E-state index in [4.69, 9.17) is 4.74 Å². The fraction of sp³-hybridized carbons (Fsp3) is 0.200. The Labute approximate surface area is 120 Å². The predicted molar refractivity (Wildman–Crippen MR) is 75.8 cm³/mol. The Hall–Kier alpha value is -1.39. The van der Waals surface area contributed by atoms with Crippen LogP contribution < -0.4 is 4.74 Å². The van der Waals surface area contributed by atoms with Crippen LogP contribution in [0.5, 0.6) is 5.75 Å². The van der Waals surface area contributed by atoms with Crippen LogP contribution in [0.3, 0.4) is 0 Å².